The minimum Gasteiger partial charge on any atom is -0.469 e. The number of nitrogens with zero attached hydrogens (tertiary/aromatic N) is 1. The number of rotatable bonds is 10. The average Bonchev–Trinajstić information content (AvgIpc) is 2.89. The molecule has 1 aliphatic rings. The van der Waals surface area contributed by atoms with Crippen molar-refractivity contribution >= 4 is 29.2 Å². The molecule has 218 valence electrons. The third kappa shape index (κ3) is 7.12. The average molecular weight is 576 g/mol. The highest BCUT2D eigenvalue weighted by atomic mass is 35.5. The smallest absolute Gasteiger partial charge is 0.349 e. The van der Waals surface area contributed by atoms with Crippen LogP contribution in [0.25, 0.3) is 0 Å². The van der Waals surface area contributed by atoms with Gasteiger partial charge in [-0.15, -0.1) is 0 Å². The molecule has 10 heteroatoms. The number of hydrogen-bond donors (Lipinski definition) is 0. The van der Waals surface area contributed by atoms with Crippen LogP contribution in [0.15, 0.2) is 36.4 Å². The Morgan fingerprint density at radius 2 is 1.80 bits per heavy atom. The number of hydrogen-bond acceptors (Lipinski definition) is 8. The van der Waals surface area contributed by atoms with Gasteiger partial charge in [-0.3, -0.25) is 14.9 Å². The number of carbonyl (C=O) groups excluding carboxylic acids is 2. The van der Waals surface area contributed by atoms with Crippen molar-refractivity contribution in [3.63, 3.8) is 0 Å². The van der Waals surface area contributed by atoms with E-state index in [1.165, 1.54) is 32.9 Å². The van der Waals surface area contributed by atoms with Crippen LogP contribution in [-0.2, 0) is 30.2 Å². The Balaban J connectivity index is 1.93. The number of ether oxygens (including phenoxy) is 4. The Morgan fingerprint density at radius 3 is 2.40 bits per heavy atom. The maximum absolute atomic E-state index is 12.2. The summed E-state index contributed by atoms with van der Waals surface area (Å²) in [5.74, 6) is -0.765. The van der Waals surface area contributed by atoms with E-state index in [0.717, 1.165) is 17.5 Å². The summed E-state index contributed by atoms with van der Waals surface area (Å²) in [7, 11) is 0. The first-order valence-electron chi connectivity index (χ1n) is 13.5. The van der Waals surface area contributed by atoms with Crippen molar-refractivity contribution < 1.29 is 33.5 Å². The van der Waals surface area contributed by atoms with Crippen LogP contribution in [0.4, 0.5) is 5.69 Å². The molecule has 0 spiro atoms. The van der Waals surface area contributed by atoms with E-state index in [1.54, 1.807) is 19.1 Å². The van der Waals surface area contributed by atoms with E-state index >= 15 is 0 Å². The van der Waals surface area contributed by atoms with Crippen LogP contribution in [0.5, 0.6) is 5.75 Å². The highest BCUT2D eigenvalue weighted by molar-refractivity contribution is 6.31. The van der Waals surface area contributed by atoms with Crippen molar-refractivity contribution in [2.24, 2.45) is 11.8 Å². The molecule has 40 heavy (non-hydrogen) atoms. The second-order valence-corrected chi connectivity index (χ2v) is 11.1. The fourth-order valence-electron chi connectivity index (χ4n) is 5.05. The van der Waals surface area contributed by atoms with Crippen LogP contribution in [0, 0.1) is 22.0 Å². The molecule has 1 aliphatic heterocycles. The molecule has 1 saturated heterocycles. The fourth-order valence-corrected chi connectivity index (χ4v) is 5.23. The summed E-state index contributed by atoms with van der Waals surface area (Å²) in [5.41, 5.74) is 0.485. The molecule has 1 heterocycles. The summed E-state index contributed by atoms with van der Waals surface area (Å²) >= 11 is 6.56. The van der Waals surface area contributed by atoms with Crippen LogP contribution < -0.4 is 4.74 Å². The number of benzene rings is 2. The molecule has 0 saturated carbocycles. The molecule has 1 fully saturated rings. The Hall–Kier alpha value is -3.17. The molecular formula is C30H38ClNO8. The van der Waals surface area contributed by atoms with Gasteiger partial charge in [-0.1, -0.05) is 50.6 Å². The normalized spacial score (nSPS) is 22.9. The number of carbonyl (C=O) groups is 2. The second-order valence-electron chi connectivity index (χ2n) is 10.7. The van der Waals surface area contributed by atoms with Crippen molar-refractivity contribution in [1.29, 1.82) is 0 Å². The summed E-state index contributed by atoms with van der Waals surface area (Å²) in [5, 5.41) is 12.4. The van der Waals surface area contributed by atoms with Gasteiger partial charge in [0.2, 0.25) is 5.60 Å². The lowest BCUT2D eigenvalue weighted by atomic mass is 9.78. The van der Waals surface area contributed by atoms with Gasteiger partial charge in [0.05, 0.1) is 17.6 Å². The molecule has 9 nitrogen and oxygen atoms in total. The summed E-state index contributed by atoms with van der Waals surface area (Å²) in [6, 6.07) is 10.1. The zero-order valence-electron chi connectivity index (χ0n) is 24.1. The molecule has 0 N–H and O–H groups in total. The quantitative estimate of drug-likeness (QED) is 0.176. The zero-order chi connectivity index (χ0) is 29.8. The van der Waals surface area contributed by atoms with E-state index in [1.807, 2.05) is 12.1 Å². The molecule has 0 bridgehead atoms. The van der Waals surface area contributed by atoms with Gasteiger partial charge in [0.25, 0.3) is 0 Å². The minimum absolute atomic E-state index is 0.0000104. The van der Waals surface area contributed by atoms with Crippen LogP contribution in [0.3, 0.4) is 0 Å². The summed E-state index contributed by atoms with van der Waals surface area (Å²) in [6.07, 6.45) is 0.166. The Kier molecular flexibility index (Phi) is 10.2. The molecule has 0 aromatic heterocycles. The Morgan fingerprint density at radius 1 is 1.10 bits per heavy atom. The largest absolute Gasteiger partial charge is 0.469 e. The van der Waals surface area contributed by atoms with E-state index in [9.17, 15) is 19.7 Å². The van der Waals surface area contributed by atoms with Gasteiger partial charge in [0, 0.05) is 23.9 Å². The predicted octanol–water partition coefficient (Wildman–Crippen LogP) is 6.61. The lowest BCUT2D eigenvalue weighted by Crippen LogP contribution is -2.46. The van der Waals surface area contributed by atoms with Gasteiger partial charge in [-0.2, -0.15) is 0 Å². The van der Waals surface area contributed by atoms with Crippen LogP contribution in [-0.4, -0.2) is 41.3 Å². The highest BCUT2D eigenvalue weighted by Crippen LogP contribution is 2.42. The lowest BCUT2D eigenvalue weighted by Gasteiger charge is -2.44. The topological polar surface area (TPSA) is 114 Å². The molecule has 0 aliphatic carbocycles. The monoisotopic (exact) mass is 575 g/mol. The van der Waals surface area contributed by atoms with Gasteiger partial charge in [-0.05, 0) is 68.4 Å². The van der Waals surface area contributed by atoms with Crippen molar-refractivity contribution in [2.45, 2.75) is 85.2 Å². The van der Waals surface area contributed by atoms with Gasteiger partial charge in [-0.25, -0.2) is 4.79 Å². The maximum Gasteiger partial charge on any atom is 0.349 e. The van der Waals surface area contributed by atoms with Crippen LogP contribution in [0.1, 0.15) is 77.7 Å². The SMILES string of the molecule is CCOC(=O)C(C)(C)Oc1ccc(Cc2cc(C3O[C@H](CC)C(C)[C@H](C)C3OC(C)=O)ccc2Cl)cc1[N+](=O)[O-]. The first-order chi connectivity index (χ1) is 18.8. The molecule has 0 amide bonds. The summed E-state index contributed by atoms with van der Waals surface area (Å²) < 4.78 is 22.9. The molecule has 0 radical (unpaired) electrons. The summed E-state index contributed by atoms with van der Waals surface area (Å²) in [4.78, 5) is 35.5. The number of halogens is 1. The summed E-state index contributed by atoms with van der Waals surface area (Å²) in [6.45, 7) is 12.5. The minimum atomic E-state index is -1.41. The Bertz CT molecular complexity index is 1250. The van der Waals surface area contributed by atoms with Crippen LogP contribution in [0.2, 0.25) is 5.02 Å². The van der Waals surface area contributed by atoms with Crippen molar-refractivity contribution in [1.82, 2.24) is 0 Å². The number of esters is 2. The van der Waals surface area contributed by atoms with Crippen molar-refractivity contribution in [3.05, 3.63) is 68.2 Å². The van der Waals surface area contributed by atoms with E-state index in [2.05, 4.69) is 20.8 Å². The second kappa shape index (κ2) is 13.0. The predicted molar refractivity (Wildman–Crippen MR) is 150 cm³/mol. The van der Waals surface area contributed by atoms with Gasteiger partial charge < -0.3 is 18.9 Å². The highest BCUT2D eigenvalue weighted by Gasteiger charge is 2.43. The molecule has 2 aromatic carbocycles. The van der Waals surface area contributed by atoms with E-state index in [4.69, 9.17) is 30.5 Å². The van der Waals surface area contributed by atoms with E-state index in [0.29, 0.717) is 17.0 Å². The van der Waals surface area contributed by atoms with Crippen molar-refractivity contribution in [3.8, 4) is 5.75 Å². The standard InChI is InChI=1S/C30H38ClNO8/c1-8-25-17(3)18(4)27(38-19(5)33)28(39-25)21-11-12-23(31)22(16-21)14-20-10-13-26(24(15-20)32(35)36)40-30(6,7)29(34)37-9-2/h10-13,15-18,25,27-28H,8-9,14H2,1-7H3/t17?,18-,25+,27?,28?/m0/s1. The molecule has 3 unspecified atom stereocenters. The Labute approximate surface area is 240 Å². The van der Waals surface area contributed by atoms with E-state index in [-0.39, 0.29) is 42.0 Å². The first kappa shape index (κ1) is 31.4. The first-order valence-corrected chi connectivity index (χ1v) is 13.9. The zero-order valence-corrected chi connectivity index (χ0v) is 24.8. The molecular weight excluding hydrogens is 538 g/mol. The molecule has 5 atom stereocenters. The maximum atomic E-state index is 12.2. The number of nitro benzene ring substituents is 1. The van der Waals surface area contributed by atoms with Gasteiger partial charge in [0.1, 0.15) is 12.2 Å². The van der Waals surface area contributed by atoms with Crippen molar-refractivity contribution in [2.75, 3.05) is 6.61 Å². The molecule has 3 rings (SSSR count). The lowest BCUT2D eigenvalue weighted by molar-refractivity contribution is -0.386. The third-order valence-corrected chi connectivity index (χ3v) is 7.77. The fraction of sp³-hybridized carbons (Fsp3) is 0.533. The third-order valence-electron chi connectivity index (χ3n) is 7.40. The molecule has 2 aromatic rings. The van der Waals surface area contributed by atoms with E-state index < -0.39 is 28.7 Å². The van der Waals surface area contributed by atoms with Gasteiger partial charge in [0.15, 0.2) is 5.75 Å². The van der Waals surface area contributed by atoms with Gasteiger partial charge >= 0.3 is 17.6 Å². The van der Waals surface area contributed by atoms with Crippen LogP contribution >= 0.6 is 11.6 Å². The number of nitro groups is 1.